The largest absolute Gasteiger partial charge is 0.464 e. The number of anilines is 2. The van der Waals surface area contributed by atoms with E-state index in [0.29, 0.717) is 5.69 Å². The van der Waals surface area contributed by atoms with Crippen LogP contribution in [0.3, 0.4) is 0 Å². The minimum Gasteiger partial charge on any atom is -0.464 e. The number of nitrogens with one attached hydrogen (secondary N) is 1. The van der Waals surface area contributed by atoms with E-state index in [1.165, 1.54) is 0 Å². The van der Waals surface area contributed by atoms with Crippen LogP contribution in [-0.2, 0) is 0 Å². The van der Waals surface area contributed by atoms with Crippen molar-refractivity contribution < 1.29 is 4.42 Å². The van der Waals surface area contributed by atoms with Gasteiger partial charge in [0.2, 0.25) is 0 Å². The van der Waals surface area contributed by atoms with Gasteiger partial charge in [-0.15, -0.1) is 0 Å². The monoisotopic (exact) mass is 267 g/mol. The number of nitrogen functional groups attached to an aromatic ring is 1. The van der Waals surface area contributed by atoms with Crippen molar-refractivity contribution in [1.82, 2.24) is 4.98 Å². The smallest absolute Gasteiger partial charge is 0.126 e. The maximum absolute atomic E-state index is 6.22. The fourth-order valence-electron chi connectivity index (χ4n) is 2.29. The molecule has 1 unspecified atom stereocenters. The Hall–Kier alpha value is -2.49. The number of fused-ring (bicyclic) bond motifs is 1. The first kappa shape index (κ1) is 12.5. The first-order chi connectivity index (χ1) is 9.65. The Labute approximate surface area is 117 Å². The second-order valence-electron chi connectivity index (χ2n) is 4.91. The summed E-state index contributed by atoms with van der Waals surface area (Å²) in [4.78, 5) is 4.30. The SMILES string of the molecule is Cc1ccc(C(C)Nc2ccc3ncccc3c2N)o1. The lowest BCUT2D eigenvalue weighted by molar-refractivity contribution is 0.467. The van der Waals surface area contributed by atoms with E-state index < -0.39 is 0 Å². The van der Waals surface area contributed by atoms with Crippen LogP contribution in [0.1, 0.15) is 24.5 Å². The second kappa shape index (κ2) is 4.89. The lowest BCUT2D eigenvalue weighted by Crippen LogP contribution is -2.07. The number of hydrogen-bond donors (Lipinski definition) is 2. The fourth-order valence-corrected chi connectivity index (χ4v) is 2.29. The van der Waals surface area contributed by atoms with Crippen molar-refractivity contribution in [3.05, 3.63) is 54.1 Å². The standard InChI is InChI=1S/C16H17N3O/c1-10-5-8-15(20-10)11(2)19-14-7-6-13-12(16(14)17)4-3-9-18-13/h3-9,11,19H,17H2,1-2H3. The Bertz CT molecular complexity index is 748. The molecule has 0 aliphatic carbocycles. The number of nitrogens with two attached hydrogens (primary N) is 1. The molecule has 1 atom stereocenters. The number of pyridine rings is 1. The average molecular weight is 267 g/mol. The zero-order chi connectivity index (χ0) is 14.1. The summed E-state index contributed by atoms with van der Waals surface area (Å²) in [6.07, 6.45) is 1.77. The highest BCUT2D eigenvalue weighted by molar-refractivity contribution is 5.96. The Morgan fingerprint density at radius 2 is 2.05 bits per heavy atom. The van der Waals surface area contributed by atoms with Crippen molar-refractivity contribution in [2.75, 3.05) is 11.1 Å². The molecule has 2 heterocycles. The van der Waals surface area contributed by atoms with Crippen LogP contribution in [0.4, 0.5) is 11.4 Å². The highest BCUT2D eigenvalue weighted by atomic mass is 16.3. The molecule has 3 aromatic rings. The molecular weight excluding hydrogens is 250 g/mol. The lowest BCUT2D eigenvalue weighted by Gasteiger charge is -2.16. The maximum Gasteiger partial charge on any atom is 0.126 e. The Balaban J connectivity index is 1.93. The van der Waals surface area contributed by atoms with Gasteiger partial charge in [0.1, 0.15) is 11.5 Å². The van der Waals surface area contributed by atoms with Crippen LogP contribution in [0.15, 0.2) is 47.0 Å². The molecule has 0 spiro atoms. The average Bonchev–Trinajstić information content (AvgIpc) is 2.89. The molecule has 2 aromatic heterocycles. The third-order valence-electron chi connectivity index (χ3n) is 3.39. The minimum absolute atomic E-state index is 0.0557. The topological polar surface area (TPSA) is 64.1 Å². The van der Waals surface area contributed by atoms with E-state index in [-0.39, 0.29) is 6.04 Å². The zero-order valence-corrected chi connectivity index (χ0v) is 11.6. The van der Waals surface area contributed by atoms with Crippen molar-refractivity contribution in [2.24, 2.45) is 0 Å². The number of aryl methyl sites for hydroxylation is 1. The number of nitrogens with zero attached hydrogens (tertiary/aromatic N) is 1. The van der Waals surface area contributed by atoms with Crippen LogP contribution in [0.2, 0.25) is 0 Å². The highest BCUT2D eigenvalue weighted by Gasteiger charge is 2.12. The van der Waals surface area contributed by atoms with Gasteiger partial charge in [-0.2, -0.15) is 0 Å². The predicted molar refractivity (Wildman–Crippen MR) is 81.6 cm³/mol. The molecule has 0 aliphatic heterocycles. The summed E-state index contributed by atoms with van der Waals surface area (Å²) < 4.78 is 5.63. The molecule has 3 N–H and O–H groups in total. The van der Waals surface area contributed by atoms with Crippen LogP contribution < -0.4 is 11.1 Å². The van der Waals surface area contributed by atoms with Crippen molar-refractivity contribution >= 4 is 22.3 Å². The number of furan rings is 1. The Morgan fingerprint density at radius 3 is 2.80 bits per heavy atom. The van der Waals surface area contributed by atoms with Crippen LogP contribution in [-0.4, -0.2) is 4.98 Å². The van der Waals surface area contributed by atoms with Crippen molar-refractivity contribution in [1.29, 1.82) is 0 Å². The molecule has 4 nitrogen and oxygen atoms in total. The van der Waals surface area contributed by atoms with Crippen LogP contribution >= 0.6 is 0 Å². The summed E-state index contributed by atoms with van der Waals surface area (Å²) in [5, 5.41) is 4.34. The molecule has 1 aromatic carbocycles. The lowest BCUT2D eigenvalue weighted by atomic mass is 10.1. The van der Waals surface area contributed by atoms with Gasteiger partial charge in [-0.3, -0.25) is 4.98 Å². The van der Waals surface area contributed by atoms with Gasteiger partial charge >= 0.3 is 0 Å². The predicted octanol–water partition coefficient (Wildman–Crippen LogP) is 3.89. The quantitative estimate of drug-likeness (QED) is 0.706. The van der Waals surface area contributed by atoms with Crippen LogP contribution in [0, 0.1) is 6.92 Å². The van der Waals surface area contributed by atoms with Gasteiger partial charge in [0.15, 0.2) is 0 Å². The zero-order valence-electron chi connectivity index (χ0n) is 11.6. The first-order valence-electron chi connectivity index (χ1n) is 6.61. The second-order valence-corrected chi connectivity index (χ2v) is 4.91. The highest BCUT2D eigenvalue weighted by Crippen LogP contribution is 2.30. The van der Waals surface area contributed by atoms with Gasteiger partial charge in [-0.05, 0) is 50.2 Å². The van der Waals surface area contributed by atoms with Gasteiger partial charge < -0.3 is 15.5 Å². The van der Waals surface area contributed by atoms with Crippen LogP contribution in [0.25, 0.3) is 10.9 Å². The van der Waals surface area contributed by atoms with Gasteiger partial charge in [0, 0.05) is 11.6 Å². The van der Waals surface area contributed by atoms with E-state index in [2.05, 4.69) is 10.3 Å². The van der Waals surface area contributed by atoms with Gasteiger partial charge in [-0.1, -0.05) is 0 Å². The van der Waals surface area contributed by atoms with E-state index in [0.717, 1.165) is 28.1 Å². The molecule has 0 fully saturated rings. The molecule has 3 rings (SSSR count). The fraction of sp³-hybridized carbons (Fsp3) is 0.188. The van der Waals surface area contributed by atoms with Crippen molar-refractivity contribution in [3.63, 3.8) is 0 Å². The summed E-state index contributed by atoms with van der Waals surface area (Å²) in [6.45, 7) is 3.98. The van der Waals surface area contributed by atoms with Gasteiger partial charge in [0.25, 0.3) is 0 Å². The first-order valence-corrected chi connectivity index (χ1v) is 6.61. The molecule has 4 heteroatoms. The summed E-state index contributed by atoms with van der Waals surface area (Å²) in [5.74, 6) is 1.80. The Kier molecular flexibility index (Phi) is 3.06. The van der Waals surface area contributed by atoms with E-state index in [9.17, 15) is 0 Å². The molecule has 0 saturated carbocycles. The molecule has 0 aliphatic rings. The van der Waals surface area contributed by atoms with Gasteiger partial charge in [0.05, 0.1) is 22.9 Å². The molecule has 0 saturated heterocycles. The van der Waals surface area contributed by atoms with E-state index in [1.54, 1.807) is 6.20 Å². The number of benzene rings is 1. The summed E-state index contributed by atoms with van der Waals surface area (Å²) >= 11 is 0. The molecule has 0 bridgehead atoms. The number of aromatic nitrogens is 1. The normalized spacial score (nSPS) is 12.5. The van der Waals surface area contributed by atoms with E-state index >= 15 is 0 Å². The Morgan fingerprint density at radius 1 is 1.20 bits per heavy atom. The number of hydrogen-bond acceptors (Lipinski definition) is 4. The maximum atomic E-state index is 6.22. The van der Waals surface area contributed by atoms with Gasteiger partial charge in [-0.25, -0.2) is 0 Å². The minimum atomic E-state index is 0.0557. The number of rotatable bonds is 3. The molecule has 0 radical (unpaired) electrons. The van der Waals surface area contributed by atoms with Crippen molar-refractivity contribution in [3.8, 4) is 0 Å². The molecule has 0 amide bonds. The van der Waals surface area contributed by atoms with E-state index in [4.69, 9.17) is 10.2 Å². The third-order valence-corrected chi connectivity index (χ3v) is 3.39. The summed E-state index contributed by atoms with van der Waals surface area (Å²) in [6, 6.07) is 11.8. The summed E-state index contributed by atoms with van der Waals surface area (Å²) in [7, 11) is 0. The van der Waals surface area contributed by atoms with Crippen molar-refractivity contribution in [2.45, 2.75) is 19.9 Å². The third kappa shape index (κ3) is 2.20. The van der Waals surface area contributed by atoms with E-state index in [1.807, 2.05) is 50.2 Å². The molecule has 20 heavy (non-hydrogen) atoms. The summed E-state index contributed by atoms with van der Waals surface area (Å²) in [5.41, 5.74) is 8.73. The van der Waals surface area contributed by atoms with Crippen LogP contribution in [0.5, 0.6) is 0 Å². The molecular formula is C16H17N3O. The molecule has 102 valence electrons.